The van der Waals surface area contributed by atoms with Gasteiger partial charge in [-0.25, -0.2) is 0 Å². The third-order valence-electron chi connectivity index (χ3n) is 4.49. The van der Waals surface area contributed by atoms with E-state index in [1.165, 1.54) is 32.6 Å². The van der Waals surface area contributed by atoms with Crippen LogP contribution < -0.4 is 10.6 Å². The number of piperazine rings is 1. The molecule has 1 rings (SSSR count). The Labute approximate surface area is 160 Å². The van der Waals surface area contributed by atoms with Crippen LogP contribution in [0.15, 0.2) is 4.99 Å². The van der Waals surface area contributed by atoms with Crippen LogP contribution in [0.25, 0.3) is 0 Å². The second-order valence-corrected chi connectivity index (χ2v) is 7.21. The second kappa shape index (κ2) is 12.3. The third kappa shape index (κ3) is 9.10. The summed E-state index contributed by atoms with van der Waals surface area (Å²) in [7, 11) is 4.06. The highest BCUT2D eigenvalue weighted by molar-refractivity contribution is 14.0. The lowest BCUT2D eigenvalue weighted by Gasteiger charge is -2.40. The first-order valence-corrected chi connectivity index (χ1v) is 8.81. The number of aliphatic imine (C=N–C) groups is 1. The van der Waals surface area contributed by atoms with Crippen molar-refractivity contribution in [2.45, 2.75) is 40.2 Å². The molecule has 0 aromatic heterocycles. The molecular weight excluding hydrogens is 401 g/mol. The van der Waals surface area contributed by atoms with Crippen LogP contribution in [0, 0.1) is 11.8 Å². The van der Waals surface area contributed by atoms with Crippen molar-refractivity contribution in [1.29, 1.82) is 0 Å². The molecule has 0 radical (unpaired) electrons. The highest BCUT2D eigenvalue weighted by Crippen LogP contribution is 2.12. The van der Waals surface area contributed by atoms with Gasteiger partial charge in [0, 0.05) is 52.4 Å². The molecule has 2 N–H and O–H groups in total. The minimum atomic E-state index is 0. The fourth-order valence-electron chi connectivity index (χ4n) is 2.84. The normalized spacial score (nSPS) is 18.9. The summed E-state index contributed by atoms with van der Waals surface area (Å²) < 4.78 is 0. The Morgan fingerprint density at radius 2 is 1.65 bits per heavy atom. The molecule has 0 saturated carbocycles. The fraction of sp³-hybridized carbons (Fsp3) is 0.941. The maximum Gasteiger partial charge on any atom is 0.191 e. The average molecular weight is 439 g/mol. The van der Waals surface area contributed by atoms with E-state index in [0.717, 1.165) is 25.0 Å². The van der Waals surface area contributed by atoms with Crippen LogP contribution in [0.4, 0.5) is 0 Å². The standard InChI is InChI=1S/C17H37N5.HI/c1-14(2)7-8-19-17(18-5)20-13-16(15(3)4)22-11-9-21(6)10-12-22;/h14-16H,7-13H2,1-6H3,(H2,18,19,20);1H. The lowest BCUT2D eigenvalue weighted by molar-refractivity contribution is 0.0900. The van der Waals surface area contributed by atoms with Gasteiger partial charge in [-0.15, -0.1) is 24.0 Å². The number of rotatable bonds is 7. The van der Waals surface area contributed by atoms with Gasteiger partial charge in [-0.2, -0.15) is 0 Å². The summed E-state index contributed by atoms with van der Waals surface area (Å²) in [4.78, 5) is 9.38. The fourth-order valence-corrected chi connectivity index (χ4v) is 2.84. The number of hydrogen-bond acceptors (Lipinski definition) is 3. The number of nitrogens with one attached hydrogen (secondary N) is 2. The van der Waals surface area contributed by atoms with E-state index in [4.69, 9.17) is 0 Å². The molecule has 138 valence electrons. The van der Waals surface area contributed by atoms with Gasteiger partial charge in [0.1, 0.15) is 0 Å². The Hall–Kier alpha value is -0.0800. The lowest BCUT2D eigenvalue weighted by atomic mass is 10.0. The van der Waals surface area contributed by atoms with Crippen LogP contribution >= 0.6 is 24.0 Å². The van der Waals surface area contributed by atoms with Gasteiger partial charge < -0.3 is 15.5 Å². The van der Waals surface area contributed by atoms with Gasteiger partial charge in [0.25, 0.3) is 0 Å². The van der Waals surface area contributed by atoms with Gasteiger partial charge in [-0.1, -0.05) is 27.7 Å². The lowest BCUT2D eigenvalue weighted by Crippen LogP contribution is -2.55. The minimum Gasteiger partial charge on any atom is -0.356 e. The highest BCUT2D eigenvalue weighted by Gasteiger charge is 2.24. The van der Waals surface area contributed by atoms with E-state index in [9.17, 15) is 0 Å². The average Bonchev–Trinajstić information content (AvgIpc) is 2.46. The molecule has 1 unspecified atom stereocenters. The number of likely N-dealkylation sites (N-methyl/N-ethyl adjacent to an activating group) is 1. The molecule has 1 atom stereocenters. The summed E-state index contributed by atoms with van der Waals surface area (Å²) in [6.07, 6.45) is 1.17. The van der Waals surface area contributed by atoms with Gasteiger partial charge in [-0.3, -0.25) is 9.89 Å². The molecule has 5 nitrogen and oxygen atoms in total. The zero-order valence-electron chi connectivity index (χ0n) is 15.9. The Morgan fingerprint density at radius 1 is 1.04 bits per heavy atom. The quantitative estimate of drug-likeness (QED) is 0.362. The molecule has 6 heteroatoms. The molecule has 23 heavy (non-hydrogen) atoms. The SMILES string of the molecule is CN=C(NCCC(C)C)NCC(C(C)C)N1CCN(C)CC1.I. The smallest absolute Gasteiger partial charge is 0.191 e. The van der Waals surface area contributed by atoms with E-state index in [1.807, 2.05) is 7.05 Å². The van der Waals surface area contributed by atoms with Gasteiger partial charge in [0.2, 0.25) is 0 Å². The maximum atomic E-state index is 4.34. The van der Waals surface area contributed by atoms with Gasteiger partial charge in [0.05, 0.1) is 0 Å². The topological polar surface area (TPSA) is 42.9 Å². The molecule has 0 aliphatic carbocycles. The molecule has 0 spiro atoms. The Bertz CT molecular complexity index is 325. The number of guanidine groups is 1. The van der Waals surface area contributed by atoms with Gasteiger partial charge in [0.15, 0.2) is 5.96 Å². The molecule has 0 aromatic rings. The van der Waals surface area contributed by atoms with Crippen molar-refractivity contribution in [2.24, 2.45) is 16.8 Å². The molecule has 0 aromatic carbocycles. The second-order valence-electron chi connectivity index (χ2n) is 7.21. The van der Waals surface area contributed by atoms with E-state index in [2.05, 4.69) is 60.2 Å². The van der Waals surface area contributed by atoms with Crippen LogP contribution in [0.5, 0.6) is 0 Å². The molecule has 1 fully saturated rings. The Kier molecular flexibility index (Phi) is 12.3. The van der Waals surface area contributed by atoms with E-state index in [1.54, 1.807) is 0 Å². The molecule has 0 bridgehead atoms. The molecule has 1 heterocycles. The first kappa shape index (κ1) is 22.9. The van der Waals surface area contributed by atoms with Crippen LogP contribution in [-0.2, 0) is 0 Å². The first-order chi connectivity index (χ1) is 10.4. The van der Waals surface area contributed by atoms with Crippen LogP contribution in [0.3, 0.4) is 0 Å². The predicted molar refractivity (Wildman–Crippen MR) is 112 cm³/mol. The molecule has 0 amide bonds. The summed E-state index contributed by atoms with van der Waals surface area (Å²) in [5.74, 6) is 2.30. The molecule has 1 aliphatic rings. The number of hydrogen-bond donors (Lipinski definition) is 2. The van der Waals surface area contributed by atoms with Crippen molar-refractivity contribution >= 4 is 29.9 Å². The number of nitrogens with zero attached hydrogens (tertiary/aromatic N) is 3. The van der Waals surface area contributed by atoms with Gasteiger partial charge >= 0.3 is 0 Å². The predicted octanol–water partition coefficient (Wildman–Crippen LogP) is 2.09. The van der Waals surface area contributed by atoms with E-state index >= 15 is 0 Å². The molecular formula is C17H38IN5. The Morgan fingerprint density at radius 3 is 2.13 bits per heavy atom. The van der Waals surface area contributed by atoms with Crippen molar-refractivity contribution in [3.05, 3.63) is 0 Å². The summed E-state index contributed by atoms with van der Waals surface area (Å²) in [6.45, 7) is 15.8. The van der Waals surface area contributed by atoms with Gasteiger partial charge in [-0.05, 0) is 25.3 Å². The summed E-state index contributed by atoms with van der Waals surface area (Å²) >= 11 is 0. The minimum absolute atomic E-state index is 0. The molecule has 1 aliphatic heterocycles. The van der Waals surface area contributed by atoms with Crippen molar-refractivity contribution < 1.29 is 0 Å². The molecule has 1 saturated heterocycles. The maximum absolute atomic E-state index is 4.34. The summed E-state index contributed by atoms with van der Waals surface area (Å²) in [6, 6.07) is 0.567. The summed E-state index contributed by atoms with van der Waals surface area (Å²) in [5, 5.41) is 6.93. The highest BCUT2D eigenvalue weighted by atomic mass is 127. The third-order valence-corrected chi connectivity index (χ3v) is 4.49. The zero-order chi connectivity index (χ0) is 16.5. The number of halogens is 1. The Balaban J connectivity index is 0.00000484. The van der Waals surface area contributed by atoms with Crippen molar-refractivity contribution in [3.63, 3.8) is 0 Å². The van der Waals surface area contributed by atoms with E-state index in [-0.39, 0.29) is 24.0 Å². The monoisotopic (exact) mass is 439 g/mol. The van der Waals surface area contributed by atoms with Crippen LogP contribution in [0.2, 0.25) is 0 Å². The largest absolute Gasteiger partial charge is 0.356 e. The van der Waals surface area contributed by atoms with Crippen LogP contribution in [-0.4, -0.2) is 75.2 Å². The van der Waals surface area contributed by atoms with Crippen molar-refractivity contribution in [1.82, 2.24) is 20.4 Å². The van der Waals surface area contributed by atoms with Crippen molar-refractivity contribution in [3.8, 4) is 0 Å². The summed E-state index contributed by atoms with van der Waals surface area (Å²) in [5.41, 5.74) is 0. The van der Waals surface area contributed by atoms with E-state index in [0.29, 0.717) is 12.0 Å². The zero-order valence-corrected chi connectivity index (χ0v) is 18.3. The van der Waals surface area contributed by atoms with Crippen LogP contribution in [0.1, 0.15) is 34.1 Å². The van der Waals surface area contributed by atoms with E-state index < -0.39 is 0 Å². The van der Waals surface area contributed by atoms with Crippen molar-refractivity contribution in [2.75, 3.05) is 53.4 Å². The first-order valence-electron chi connectivity index (χ1n) is 8.81.